The van der Waals surface area contributed by atoms with Crippen molar-refractivity contribution in [2.45, 2.75) is 19.3 Å². The number of hydrogen-bond acceptors (Lipinski definition) is 2. The molecule has 1 aromatic carbocycles. The predicted octanol–water partition coefficient (Wildman–Crippen LogP) is 2.60. The molecule has 1 aromatic rings. The summed E-state index contributed by atoms with van der Waals surface area (Å²) in [5.41, 5.74) is -0.154. The van der Waals surface area contributed by atoms with Gasteiger partial charge in [0.1, 0.15) is 0 Å². The third-order valence-corrected chi connectivity index (χ3v) is 2.67. The van der Waals surface area contributed by atoms with Crippen molar-refractivity contribution in [3.05, 3.63) is 34.4 Å². The van der Waals surface area contributed by atoms with Gasteiger partial charge in [0.25, 0.3) is 5.91 Å². The van der Waals surface area contributed by atoms with Gasteiger partial charge in [-0.2, -0.15) is 0 Å². The van der Waals surface area contributed by atoms with Crippen molar-refractivity contribution < 1.29 is 23.5 Å². The number of amides is 1. The van der Waals surface area contributed by atoms with E-state index in [4.69, 9.17) is 16.7 Å². The number of halogens is 3. The minimum Gasteiger partial charge on any atom is -0.481 e. The molecular formula is C12H12ClF2NO3. The van der Waals surface area contributed by atoms with Crippen molar-refractivity contribution in [2.24, 2.45) is 0 Å². The number of carboxylic acids is 1. The summed E-state index contributed by atoms with van der Waals surface area (Å²) in [6.45, 7) is 0.238. The van der Waals surface area contributed by atoms with Crippen LogP contribution in [0.25, 0.3) is 0 Å². The molecule has 19 heavy (non-hydrogen) atoms. The minimum absolute atomic E-state index is 0.0157. The van der Waals surface area contributed by atoms with Gasteiger partial charge in [-0.1, -0.05) is 11.6 Å². The Balaban J connectivity index is 2.50. The molecule has 0 spiro atoms. The maximum atomic E-state index is 13.0. The molecule has 0 aliphatic rings. The zero-order chi connectivity index (χ0) is 14.4. The lowest BCUT2D eigenvalue weighted by Crippen LogP contribution is -2.25. The van der Waals surface area contributed by atoms with Gasteiger partial charge in [0.2, 0.25) is 0 Å². The molecule has 0 aromatic heterocycles. The van der Waals surface area contributed by atoms with Gasteiger partial charge >= 0.3 is 5.97 Å². The van der Waals surface area contributed by atoms with Gasteiger partial charge in [-0.05, 0) is 25.0 Å². The molecule has 7 heteroatoms. The lowest BCUT2D eigenvalue weighted by atomic mass is 10.2. The van der Waals surface area contributed by atoms with Crippen molar-refractivity contribution in [3.63, 3.8) is 0 Å². The minimum atomic E-state index is -1.15. The summed E-state index contributed by atoms with van der Waals surface area (Å²) in [7, 11) is 0. The number of hydrogen-bond donors (Lipinski definition) is 2. The van der Waals surface area contributed by atoms with E-state index in [2.05, 4.69) is 5.32 Å². The Labute approximate surface area is 113 Å². The lowest BCUT2D eigenvalue weighted by molar-refractivity contribution is -0.137. The van der Waals surface area contributed by atoms with Gasteiger partial charge in [-0.15, -0.1) is 0 Å². The molecule has 0 aliphatic heterocycles. The first-order chi connectivity index (χ1) is 8.91. The van der Waals surface area contributed by atoms with Crippen LogP contribution in [0.15, 0.2) is 12.1 Å². The fraction of sp³-hybridized carbons (Fsp3) is 0.333. The van der Waals surface area contributed by atoms with E-state index in [1.165, 1.54) is 0 Å². The molecule has 0 unspecified atom stereocenters. The van der Waals surface area contributed by atoms with Crippen molar-refractivity contribution in [3.8, 4) is 0 Å². The smallest absolute Gasteiger partial charge is 0.303 e. The summed E-state index contributed by atoms with van der Waals surface area (Å²) in [5.74, 6) is -3.81. The highest BCUT2D eigenvalue weighted by Crippen LogP contribution is 2.19. The zero-order valence-corrected chi connectivity index (χ0v) is 10.6. The molecule has 0 bridgehead atoms. The van der Waals surface area contributed by atoms with Gasteiger partial charge in [0, 0.05) is 13.0 Å². The molecule has 0 atom stereocenters. The molecule has 1 amide bonds. The van der Waals surface area contributed by atoms with Crippen LogP contribution in [0, 0.1) is 11.6 Å². The van der Waals surface area contributed by atoms with E-state index >= 15 is 0 Å². The van der Waals surface area contributed by atoms with Crippen LogP contribution in [0.5, 0.6) is 0 Å². The van der Waals surface area contributed by atoms with E-state index in [1.807, 2.05) is 0 Å². The molecule has 0 saturated heterocycles. The molecule has 0 aliphatic carbocycles. The average molecular weight is 292 g/mol. The number of carboxylic acid groups (broad SMARTS) is 1. The van der Waals surface area contributed by atoms with Crippen LogP contribution in [-0.2, 0) is 4.79 Å². The first kappa shape index (κ1) is 15.4. The third kappa shape index (κ3) is 4.82. The highest BCUT2D eigenvalue weighted by Gasteiger charge is 2.14. The summed E-state index contributed by atoms with van der Waals surface area (Å²) in [6, 6.07) is 1.46. The van der Waals surface area contributed by atoms with Crippen LogP contribution in [0.4, 0.5) is 8.78 Å². The number of unbranched alkanes of at least 4 members (excludes halogenated alkanes) is 1. The highest BCUT2D eigenvalue weighted by atomic mass is 35.5. The van der Waals surface area contributed by atoms with Crippen LogP contribution in [0.2, 0.25) is 5.02 Å². The van der Waals surface area contributed by atoms with Crippen molar-refractivity contribution in [1.82, 2.24) is 5.32 Å². The zero-order valence-electron chi connectivity index (χ0n) is 9.88. The van der Waals surface area contributed by atoms with Gasteiger partial charge in [-0.25, -0.2) is 8.78 Å². The molecule has 2 N–H and O–H groups in total. The van der Waals surface area contributed by atoms with Crippen molar-refractivity contribution >= 4 is 23.5 Å². The topological polar surface area (TPSA) is 66.4 Å². The van der Waals surface area contributed by atoms with E-state index in [9.17, 15) is 18.4 Å². The second kappa shape index (κ2) is 7.04. The van der Waals surface area contributed by atoms with E-state index in [-0.39, 0.29) is 23.6 Å². The van der Waals surface area contributed by atoms with Gasteiger partial charge in [0.05, 0.1) is 10.6 Å². The quantitative estimate of drug-likeness (QED) is 0.625. The van der Waals surface area contributed by atoms with Crippen LogP contribution in [0.1, 0.15) is 29.6 Å². The summed E-state index contributed by atoms with van der Waals surface area (Å²) >= 11 is 5.63. The lowest BCUT2D eigenvalue weighted by Gasteiger charge is -2.07. The predicted molar refractivity (Wildman–Crippen MR) is 65.2 cm³/mol. The van der Waals surface area contributed by atoms with E-state index < -0.39 is 23.5 Å². The summed E-state index contributed by atoms with van der Waals surface area (Å²) < 4.78 is 25.8. The average Bonchev–Trinajstić information content (AvgIpc) is 2.32. The molecule has 4 nitrogen and oxygen atoms in total. The largest absolute Gasteiger partial charge is 0.481 e. The Hall–Kier alpha value is -1.69. The Kier molecular flexibility index (Phi) is 5.69. The standard InChI is InChI=1S/C12H12ClF2NO3/c13-8-6-10(15)9(14)5-7(8)12(19)16-4-2-1-3-11(17)18/h5-6H,1-4H2,(H,16,19)(H,17,18). The summed E-state index contributed by atoms with van der Waals surface area (Å²) in [6.07, 6.45) is 0.905. The molecule has 0 fully saturated rings. The molecule has 0 radical (unpaired) electrons. The monoisotopic (exact) mass is 291 g/mol. The van der Waals surface area contributed by atoms with Crippen LogP contribution in [-0.4, -0.2) is 23.5 Å². The van der Waals surface area contributed by atoms with Gasteiger partial charge in [-0.3, -0.25) is 9.59 Å². The Morgan fingerprint density at radius 2 is 1.84 bits per heavy atom. The normalized spacial score (nSPS) is 10.3. The summed E-state index contributed by atoms with van der Waals surface area (Å²) in [4.78, 5) is 21.9. The first-order valence-corrected chi connectivity index (χ1v) is 5.94. The van der Waals surface area contributed by atoms with E-state index in [0.717, 1.165) is 12.1 Å². The molecule has 0 saturated carbocycles. The van der Waals surface area contributed by atoms with Crippen LogP contribution >= 0.6 is 11.6 Å². The van der Waals surface area contributed by atoms with Crippen LogP contribution in [0.3, 0.4) is 0 Å². The maximum absolute atomic E-state index is 13.0. The second-order valence-electron chi connectivity index (χ2n) is 3.85. The summed E-state index contributed by atoms with van der Waals surface area (Å²) in [5, 5.41) is 10.7. The number of rotatable bonds is 6. The van der Waals surface area contributed by atoms with E-state index in [0.29, 0.717) is 12.8 Å². The van der Waals surface area contributed by atoms with E-state index in [1.54, 1.807) is 0 Å². The fourth-order valence-electron chi connectivity index (χ4n) is 1.39. The molecule has 0 heterocycles. The molecule has 104 valence electrons. The van der Waals surface area contributed by atoms with Crippen LogP contribution < -0.4 is 5.32 Å². The molecule has 1 rings (SSSR count). The number of aliphatic carboxylic acids is 1. The van der Waals surface area contributed by atoms with Gasteiger partial charge < -0.3 is 10.4 Å². The number of benzene rings is 1. The first-order valence-electron chi connectivity index (χ1n) is 5.56. The highest BCUT2D eigenvalue weighted by molar-refractivity contribution is 6.33. The van der Waals surface area contributed by atoms with Gasteiger partial charge in [0.15, 0.2) is 11.6 Å². The van der Waals surface area contributed by atoms with Crippen molar-refractivity contribution in [2.75, 3.05) is 6.54 Å². The Morgan fingerprint density at radius 3 is 2.47 bits per heavy atom. The second-order valence-corrected chi connectivity index (χ2v) is 4.26. The fourth-order valence-corrected chi connectivity index (χ4v) is 1.63. The number of carbonyl (C=O) groups excluding carboxylic acids is 1. The Morgan fingerprint density at radius 1 is 1.21 bits per heavy atom. The number of carbonyl (C=O) groups is 2. The Bertz CT molecular complexity index is 494. The number of nitrogens with one attached hydrogen (secondary N) is 1. The third-order valence-electron chi connectivity index (χ3n) is 2.36. The SMILES string of the molecule is O=C(O)CCCCNC(=O)c1cc(F)c(F)cc1Cl. The van der Waals surface area contributed by atoms with Crippen molar-refractivity contribution in [1.29, 1.82) is 0 Å². The maximum Gasteiger partial charge on any atom is 0.303 e. The molecular weight excluding hydrogens is 280 g/mol.